The Balaban J connectivity index is 3.38. The average Bonchev–Trinajstić information content (AvgIpc) is 1.79. The van der Waals surface area contributed by atoms with E-state index < -0.39 is 0 Å². The maximum atomic E-state index is 4.01. The third-order valence-corrected chi connectivity index (χ3v) is 1.77. The number of thioether (sulfide) groups is 1. The number of rotatable bonds is 4. The topological polar surface area (TPSA) is 12.4 Å². The van der Waals surface area contributed by atoms with Gasteiger partial charge in [-0.15, -0.1) is 0 Å². The first-order valence-electron chi connectivity index (χ1n) is 2.79. The Morgan fingerprint density at radius 2 is 1.90 bits per heavy atom. The zero-order valence-corrected chi connectivity index (χ0v) is 7.89. The van der Waals surface area contributed by atoms with Gasteiger partial charge in [-0.3, -0.25) is 0 Å². The minimum atomic E-state index is 0.999. The van der Waals surface area contributed by atoms with E-state index in [-0.39, 0.29) is 0 Å². The van der Waals surface area contributed by atoms with Crippen LogP contribution in [0.3, 0.4) is 0 Å². The van der Waals surface area contributed by atoms with E-state index in [9.17, 15) is 0 Å². The van der Waals surface area contributed by atoms with Crippen LogP contribution in [0.1, 0.15) is 13.8 Å². The van der Waals surface area contributed by atoms with Crippen LogP contribution in [0.25, 0.3) is 0 Å². The largest absolute Gasteiger partial charge is 0.213 e. The van der Waals surface area contributed by atoms with Crippen molar-refractivity contribution in [3.8, 4) is 0 Å². The van der Waals surface area contributed by atoms with Gasteiger partial charge in [0.25, 0.3) is 0 Å². The first kappa shape index (κ1) is 9.85. The first-order chi connectivity index (χ1) is 4.63. The molecule has 10 heavy (non-hydrogen) atoms. The zero-order valence-electron chi connectivity index (χ0n) is 6.26. The van der Waals surface area contributed by atoms with Crippen LogP contribution in [0.2, 0.25) is 0 Å². The Kier molecular flexibility index (Phi) is 5.54. The summed E-state index contributed by atoms with van der Waals surface area (Å²) in [6.07, 6.45) is 0. The maximum absolute atomic E-state index is 4.01. The molecule has 1 nitrogen and oxygen atoms in total. The second-order valence-corrected chi connectivity index (χ2v) is 4.06. The van der Waals surface area contributed by atoms with E-state index in [1.54, 1.807) is 5.55 Å². The van der Waals surface area contributed by atoms with Crippen molar-refractivity contribution in [2.45, 2.75) is 13.8 Å². The summed E-state index contributed by atoms with van der Waals surface area (Å²) in [7, 11) is 0. The predicted molar refractivity (Wildman–Crippen MR) is 53.3 cm³/mol. The van der Waals surface area contributed by atoms with Gasteiger partial charge in [-0.2, -0.15) is 0 Å². The highest BCUT2D eigenvalue weighted by Crippen LogP contribution is 2.15. The summed E-state index contributed by atoms with van der Waals surface area (Å²) in [4.78, 5) is 2.05. The quantitative estimate of drug-likeness (QED) is 0.367. The molecule has 0 aromatic rings. The fraction of sp³-hybridized carbons (Fsp3) is 0.286. The second kappa shape index (κ2) is 5.62. The Hall–Kier alpha value is -0.150. The summed E-state index contributed by atoms with van der Waals surface area (Å²) in [5, 5.41) is 0. The van der Waals surface area contributed by atoms with E-state index in [2.05, 4.69) is 17.6 Å². The molecule has 3 heteroatoms. The lowest BCUT2D eigenvalue weighted by Gasteiger charge is -1.89. The van der Waals surface area contributed by atoms with Crippen molar-refractivity contribution in [2.24, 2.45) is 4.40 Å². The predicted octanol–water partition coefficient (Wildman–Crippen LogP) is 3.46. The van der Waals surface area contributed by atoms with Gasteiger partial charge >= 0.3 is 0 Å². The molecule has 0 atom stereocenters. The van der Waals surface area contributed by atoms with Crippen molar-refractivity contribution in [2.75, 3.05) is 0 Å². The van der Waals surface area contributed by atoms with Gasteiger partial charge < -0.3 is 0 Å². The summed E-state index contributed by atoms with van der Waals surface area (Å²) < 4.78 is 4.01. The van der Waals surface area contributed by atoms with Gasteiger partial charge in [-0.25, -0.2) is 4.40 Å². The Labute approximate surface area is 70.8 Å². The maximum Gasteiger partial charge on any atom is 0.0728 e. The molecule has 0 aliphatic carbocycles. The van der Waals surface area contributed by atoms with E-state index in [1.807, 2.05) is 13.8 Å². The third-order valence-electron chi connectivity index (χ3n) is 0.505. The van der Waals surface area contributed by atoms with Crippen molar-refractivity contribution in [3.05, 3.63) is 23.0 Å². The van der Waals surface area contributed by atoms with E-state index in [4.69, 9.17) is 0 Å². The summed E-state index contributed by atoms with van der Waals surface area (Å²) in [6, 6.07) is 0. The molecule has 0 unspecified atom stereocenters. The van der Waals surface area contributed by atoms with Crippen molar-refractivity contribution in [3.63, 3.8) is 0 Å². The molecule has 0 saturated heterocycles. The van der Waals surface area contributed by atoms with Crippen LogP contribution in [-0.4, -0.2) is 5.55 Å². The van der Waals surface area contributed by atoms with Crippen LogP contribution < -0.4 is 0 Å². The van der Waals surface area contributed by atoms with E-state index in [1.165, 1.54) is 23.7 Å². The van der Waals surface area contributed by atoms with Gasteiger partial charge in [0.2, 0.25) is 0 Å². The Morgan fingerprint density at radius 1 is 1.30 bits per heavy atom. The highest BCUT2D eigenvalue weighted by Gasteiger charge is 1.81. The molecule has 0 rings (SSSR count). The van der Waals surface area contributed by atoms with Crippen molar-refractivity contribution in [1.29, 1.82) is 0 Å². The number of hydrogen-bond donors (Lipinski definition) is 0. The Bertz CT molecular complexity index is 143. The molecule has 0 aliphatic rings. The van der Waals surface area contributed by atoms with Crippen molar-refractivity contribution < 1.29 is 0 Å². The minimum Gasteiger partial charge on any atom is -0.213 e. The van der Waals surface area contributed by atoms with Gasteiger partial charge in [0.15, 0.2) is 0 Å². The molecular weight excluding hydrogens is 162 g/mol. The average molecular weight is 173 g/mol. The number of hydrogen-bond acceptors (Lipinski definition) is 3. The highest BCUT2D eigenvalue weighted by atomic mass is 32.2. The third kappa shape index (κ3) is 7.85. The second-order valence-electron chi connectivity index (χ2n) is 1.82. The lowest BCUT2D eigenvalue weighted by molar-refractivity contribution is 1.72. The molecule has 0 radical (unpaired) electrons. The van der Waals surface area contributed by atoms with Gasteiger partial charge in [0.05, 0.1) is 5.55 Å². The molecule has 0 N–H and O–H groups in total. The summed E-state index contributed by atoms with van der Waals surface area (Å²) >= 11 is 2.91. The molecular formula is C7H11NS2. The molecule has 0 aromatic carbocycles. The normalized spacial score (nSPS) is 10.2. The standard InChI is InChI=1S/C7H11NS2/c1-6(2)9-5-8-10-7(3)4/h5H,1,3H2,2,4H3. The minimum absolute atomic E-state index is 0.999. The molecule has 0 amide bonds. The summed E-state index contributed by atoms with van der Waals surface area (Å²) in [5.74, 6) is 0. The molecule has 0 fully saturated rings. The van der Waals surface area contributed by atoms with Crippen LogP contribution in [-0.2, 0) is 0 Å². The smallest absolute Gasteiger partial charge is 0.0728 e. The zero-order chi connectivity index (χ0) is 7.98. The van der Waals surface area contributed by atoms with E-state index >= 15 is 0 Å². The molecule has 0 saturated carbocycles. The number of allylic oxidation sites excluding steroid dienone is 2. The lowest BCUT2D eigenvalue weighted by Crippen LogP contribution is -1.62. The summed E-state index contributed by atoms with van der Waals surface area (Å²) in [5.41, 5.74) is 1.77. The van der Waals surface area contributed by atoms with Crippen molar-refractivity contribution >= 4 is 29.3 Å². The van der Waals surface area contributed by atoms with Crippen LogP contribution >= 0.6 is 23.7 Å². The molecule has 0 aliphatic heterocycles. The van der Waals surface area contributed by atoms with Crippen LogP contribution in [0, 0.1) is 0 Å². The fourth-order valence-electron chi connectivity index (χ4n) is 0.223. The van der Waals surface area contributed by atoms with Gasteiger partial charge in [-0.1, -0.05) is 24.9 Å². The molecule has 0 heterocycles. The molecule has 0 aromatic heterocycles. The van der Waals surface area contributed by atoms with Crippen LogP contribution in [0.15, 0.2) is 27.4 Å². The number of nitrogens with zero attached hydrogens (tertiary/aromatic N) is 1. The first-order valence-corrected chi connectivity index (χ1v) is 4.44. The lowest BCUT2D eigenvalue weighted by atomic mass is 10.8. The molecule has 0 spiro atoms. The van der Waals surface area contributed by atoms with E-state index in [0.717, 1.165) is 9.81 Å². The van der Waals surface area contributed by atoms with Gasteiger partial charge in [0, 0.05) is 11.9 Å². The SMILES string of the molecule is C=C(C)SC=NSC(=C)C. The van der Waals surface area contributed by atoms with E-state index in [0.29, 0.717) is 0 Å². The van der Waals surface area contributed by atoms with Crippen LogP contribution in [0.5, 0.6) is 0 Å². The Morgan fingerprint density at radius 3 is 2.30 bits per heavy atom. The fourth-order valence-corrected chi connectivity index (χ4v) is 0.927. The molecule has 0 bridgehead atoms. The highest BCUT2D eigenvalue weighted by molar-refractivity contribution is 8.16. The van der Waals surface area contributed by atoms with Gasteiger partial charge in [-0.05, 0) is 23.7 Å². The summed E-state index contributed by atoms with van der Waals surface area (Å²) in [6.45, 7) is 11.3. The van der Waals surface area contributed by atoms with Crippen LogP contribution in [0.4, 0.5) is 0 Å². The van der Waals surface area contributed by atoms with Gasteiger partial charge in [0.1, 0.15) is 0 Å². The monoisotopic (exact) mass is 173 g/mol. The van der Waals surface area contributed by atoms with Crippen molar-refractivity contribution in [1.82, 2.24) is 0 Å². The molecule has 56 valence electrons.